The van der Waals surface area contributed by atoms with Gasteiger partial charge in [-0.05, 0) is 48.9 Å². The number of carbonyl (C=O) groups excluding carboxylic acids is 1. The van der Waals surface area contributed by atoms with Gasteiger partial charge in [0.15, 0.2) is 5.58 Å². The first kappa shape index (κ1) is 21.8. The molecule has 5 nitrogen and oxygen atoms in total. The molecular weight excluding hydrogens is 482 g/mol. The van der Waals surface area contributed by atoms with E-state index in [0.29, 0.717) is 43.3 Å². The first-order valence-corrected chi connectivity index (χ1v) is 10.5. The third-order valence-electron chi connectivity index (χ3n) is 4.60. The molecule has 0 unspecified atom stereocenters. The molecule has 0 fully saturated rings. The number of hydrogen-bond donors (Lipinski definition) is 1. The van der Waals surface area contributed by atoms with Crippen LogP contribution in [0.2, 0.25) is 20.1 Å². The summed E-state index contributed by atoms with van der Waals surface area (Å²) in [5.41, 5.74) is 3.24. The Morgan fingerprint density at radius 2 is 1.71 bits per heavy atom. The highest BCUT2D eigenvalue weighted by molar-refractivity contribution is 6.38. The molecule has 0 aliphatic carbocycles. The Balaban J connectivity index is 1.71. The molecule has 0 spiro atoms. The maximum absolute atomic E-state index is 12.9. The van der Waals surface area contributed by atoms with Crippen molar-refractivity contribution in [1.29, 1.82) is 0 Å². The van der Waals surface area contributed by atoms with Crippen LogP contribution in [0, 0.1) is 6.92 Å². The molecule has 158 valence electrons. The lowest BCUT2D eigenvalue weighted by Crippen LogP contribution is -2.14. The molecule has 1 N–H and O–H groups in total. The average Bonchev–Trinajstić information content (AvgIpc) is 3.13. The Morgan fingerprint density at radius 1 is 1.00 bits per heavy atom. The predicted molar refractivity (Wildman–Crippen MR) is 125 cm³/mol. The number of hydrogen-bond acceptors (Lipinski definition) is 4. The van der Waals surface area contributed by atoms with E-state index in [0.717, 1.165) is 5.56 Å². The van der Waals surface area contributed by atoms with E-state index in [1.807, 2.05) is 19.1 Å². The highest BCUT2D eigenvalue weighted by Crippen LogP contribution is 2.35. The van der Waals surface area contributed by atoms with Gasteiger partial charge >= 0.3 is 0 Å². The van der Waals surface area contributed by atoms with Crippen molar-refractivity contribution in [3.05, 3.63) is 73.7 Å². The van der Waals surface area contributed by atoms with Crippen molar-refractivity contribution in [2.75, 3.05) is 12.4 Å². The molecule has 0 saturated carbocycles. The lowest BCUT2D eigenvalue weighted by atomic mass is 10.1. The highest BCUT2D eigenvalue weighted by Gasteiger charge is 2.19. The maximum Gasteiger partial charge on any atom is 0.259 e. The molecule has 0 radical (unpaired) electrons. The zero-order chi connectivity index (χ0) is 22.3. The van der Waals surface area contributed by atoms with E-state index in [1.165, 1.54) is 19.2 Å². The van der Waals surface area contributed by atoms with E-state index >= 15 is 0 Å². The van der Waals surface area contributed by atoms with Crippen molar-refractivity contribution in [2.45, 2.75) is 6.92 Å². The summed E-state index contributed by atoms with van der Waals surface area (Å²) < 4.78 is 11.1. The van der Waals surface area contributed by atoms with E-state index < -0.39 is 5.91 Å². The third kappa shape index (κ3) is 4.32. The number of anilines is 1. The summed E-state index contributed by atoms with van der Waals surface area (Å²) in [5, 5.41) is 4.26. The van der Waals surface area contributed by atoms with Crippen LogP contribution in [-0.4, -0.2) is 18.0 Å². The van der Waals surface area contributed by atoms with Crippen LogP contribution in [0.4, 0.5) is 5.69 Å². The number of halogens is 4. The Morgan fingerprint density at radius 3 is 2.45 bits per heavy atom. The van der Waals surface area contributed by atoms with Gasteiger partial charge in [0, 0.05) is 21.3 Å². The van der Waals surface area contributed by atoms with Crippen LogP contribution in [0.1, 0.15) is 15.9 Å². The molecule has 1 amide bonds. The Labute approximate surface area is 197 Å². The summed E-state index contributed by atoms with van der Waals surface area (Å²) >= 11 is 24.5. The number of benzene rings is 3. The zero-order valence-corrected chi connectivity index (χ0v) is 19.2. The van der Waals surface area contributed by atoms with Crippen LogP contribution in [0.15, 0.2) is 46.9 Å². The lowest BCUT2D eigenvalue weighted by Gasteiger charge is -2.13. The molecule has 1 heterocycles. The summed E-state index contributed by atoms with van der Waals surface area (Å²) in [7, 11) is 1.43. The minimum atomic E-state index is -0.422. The Bertz CT molecular complexity index is 1330. The Kier molecular flexibility index (Phi) is 6.04. The van der Waals surface area contributed by atoms with Crippen LogP contribution in [0.3, 0.4) is 0 Å². The van der Waals surface area contributed by atoms with Crippen LogP contribution >= 0.6 is 46.4 Å². The number of carbonyl (C=O) groups is 1. The molecule has 4 rings (SSSR count). The molecule has 0 bridgehead atoms. The average molecular weight is 496 g/mol. The van der Waals surface area contributed by atoms with Gasteiger partial charge in [-0.1, -0.05) is 52.5 Å². The number of aryl methyl sites for hydroxylation is 1. The van der Waals surface area contributed by atoms with Crippen molar-refractivity contribution >= 4 is 69.1 Å². The minimum absolute atomic E-state index is 0.216. The van der Waals surface area contributed by atoms with E-state index in [4.69, 9.17) is 55.6 Å². The summed E-state index contributed by atoms with van der Waals surface area (Å²) in [6.45, 7) is 1.87. The molecule has 0 saturated heterocycles. The second-order valence-electron chi connectivity index (χ2n) is 6.71. The van der Waals surface area contributed by atoms with E-state index in [1.54, 1.807) is 18.2 Å². The van der Waals surface area contributed by atoms with Gasteiger partial charge in [0.2, 0.25) is 5.89 Å². The molecular formula is C22H14Cl4N2O3. The smallest absolute Gasteiger partial charge is 0.259 e. The molecule has 0 aliphatic heterocycles. The van der Waals surface area contributed by atoms with Gasteiger partial charge in [-0.3, -0.25) is 4.79 Å². The molecule has 3 aromatic carbocycles. The molecule has 9 heteroatoms. The van der Waals surface area contributed by atoms with E-state index in [9.17, 15) is 4.79 Å². The van der Waals surface area contributed by atoms with Gasteiger partial charge in [-0.2, -0.15) is 0 Å². The number of amides is 1. The van der Waals surface area contributed by atoms with Gasteiger partial charge in [0.05, 0.1) is 22.7 Å². The normalized spacial score (nSPS) is 11.0. The predicted octanol–water partition coefficient (Wildman–Crippen LogP) is 7.68. The van der Waals surface area contributed by atoms with Gasteiger partial charge in [-0.25, -0.2) is 4.98 Å². The van der Waals surface area contributed by atoms with Crippen LogP contribution in [-0.2, 0) is 0 Å². The van der Waals surface area contributed by atoms with Crippen LogP contribution < -0.4 is 10.1 Å². The number of aromatic nitrogens is 1. The maximum atomic E-state index is 12.9. The van der Waals surface area contributed by atoms with Crippen molar-refractivity contribution in [1.82, 2.24) is 4.98 Å². The highest BCUT2D eigenvalue weighted by atomic mass is 35.5. The fraction of sp³-hybridized carbons (Fsp3) is 0.0909. The van der Waals surface area contributed by atoms with E-state index in [-0.39, 0.29) is 16.3 Å². The largest absolute Gasteiger partial charge is 0.494 e. The summed E-state index contributed by atoms with van der Waals surface area (Å²) in [6, 6.07) is 11.7. The molecule has 0 atom stereocenters. The van der Waals surface area contributed by atoms with Crippen molar-refractivity contribution in [3.63, 3.8) is 0 Å². The van der Waals surface area contributed by atoms with Crippen molar-refractivity contribution < 1.29 is 13.9 Å². The first-order valence-electron chi connectivity index (χ1n) is 8.98. The minimum Gasteiger partial charge on any atom is -0.494 e. The van der Waals surface area contributed by atoms with Gasteiger partial charge < -0.3 is 14.5 Å². The van der Waals surface area contributed by atoms with Gasteiger partial charge in [-0.15, -0.1) is 0 Å². The second-order valence-corrected chi connectivity index (χ2v) is 8.39. The van der Waals surface area contributed by atoms with Gasteiger partial charge in [0.25, 0.3) is 5.91 Å². The monoisotopic (exact) mass is 494 g/mol. The number of oxazole rings is 1. The van der Waals surface area contributed by atoms with Crippen molar-refractivity contribution in [3.8, 4) is 17.2 Å². The topological polar surface area (TPSA) is 64.4 Å². The standard InChI is InChI=1S/C22H14Cl4N2O3/c1-10-3-4-11(22-28-18-9-13(24)8-16(26)20(18)31-22)5-17(10)27-21(29)14-6-12(23)7-15(25)19(14)30-2/h3-9H,1-2H3,(H,27,29). The first-order chi connectivity index (χ1) is 14.8. The second kappa shape index (κ2) is 8.60. The number of rotatable bonds is 4. The molecule has 1 aromatic heterocycles. The number of methoxy groups -OCH3 is 1. The molecule has 4 aromatic rings. The van der Waals surface area contributed by atoms with Crippen LogP contribution in [0.25, 0.3) is 22.6 Å². The van der Waals surface area contributed by atoms with Crippen molar-refractivity contribution in [2.24, 2.45) is 0 Å². The number of fused-ring (bicyclic) bond motifs is 1. The molecule has 31 heavy (non-hydrogen) atoms. The fourth-order valence-electron chi connectivity index (χ4n) is 3.10. The lowest BCUT2D eigenvalue weighted by molar-refractivity contribution is 0.102. The zero-order valence-electron chi connectivity index (χ0n) is 16.2. The SMILES string of the molecule is COc1c(Cl)cc(Cl)cc1C(=O)Nc1cc(-c2nc3cc(Cl)cc(Cl)c3o2)ccc1C. The quantitative estimate of drug-likeness (QED) is 0.315. The summed E-state index contributed by atoms with van der Waals surface area (Å²) in [4.78, 5) is 17.4. The summed E-state index contributed by atoms with van der Waals surface area (Å²) in [5.74, 6) is 0.162. The van der Waals surface area contributed by atoms with Crippen LogP contribution in [0.5, 0.6) is 5.75 Å². The Hall–Kier alpha value is -2.44. The third-order valence-corrected chi connectivity index (χ3v) is 5.60. The van der Waals surface area contributed by atoms with E-state index in [2.05, 4.69) is 10.3 Å². The van der Waals surface area contributed by atoms with Gasteiger partial charge in [0.1, 0.15) is 11.3 Å². The molecule has 0 aliphatic rings. The number of nitrogens with zero attached hydrogens (tertiary/aromatic N) is 1. The fourth-order valence-corrected chi connectivity index (χ4v) is 4.19. The number of ether oxygens (including phenoxy) is 1. The summed E-state index contributed by atoms with van der Waals surface area (Å²) in [6.07, 6.45) is 0. The number of nitrogens with one attached hydrogen (secondary N) is 1.